The van der Waals surface area contributed by atoms with Crippen LogP contribution in [-0.2, 0) is 6.18 Å². The number of hydrogen-bond donors (Lipinski definition) is 3. The first-order valence-corrected chi connectivity index (χ1v) is 11.1. The molecule has 3 rings (SSSR count). The molecular weight excluding hydrogens is 409 g/mol. The Labute approximate surface area is 180 Å². The summed E-state index contributed by atoms with van der Waals surface area (Å²) in [5.74, 6) is 0.0756. The second kappa shape index (κ2) is 10.7. The summed E-state index contributed by atoms with van der Waals surface area (Å²) >= 11 is 0. The molecule has 2 aliphatic rings. The number of nitrogens with zero attached hydrogens (tertiary/aromatic N) is 1. The van der Waals surface area contributed by atoms with E-state index in [4.69, 9.17) is 0 Å². The van der Waals surface area contributed by atoms with Gasteiger partial charge < -0.3 is 20.9 Å². The molecule has 2 fully saturated rings. The minimum Gasteiger partial charge on any atom is -0.338 e. The van der Waals surface area contributed by atoms with Gasteiger partial charge in [0.2, 0.25) is 0 Å². The predicted molar refractivity (Wildman–Crippen MR) is 113 cm³/mol. The van der Waals surface area contributed by atoms with Gasteiger partial charge in [-0.3, -0.25) is 0 Å². The van der Waals surface area contributed by atoms with E-state index in [1.54, 1.807) is 0 Å². The lowest BCUT2D eigenvalue weighted by atomic mass is 9.97. The van der Waals surface area contributed by atoms with Crippen molar-refractivity contribution in [2.24, 2.45) is 5.92 Å². The van der Waals surface area contributed by atoms with Gasteiger partial charge in [-0.1, -0.05) is 44.2 Å². The van der Waals surface area contributed by atoms with E-state index >= 15 is 0 Å². The SMILES string of the molecule is O=C(NCC1CCN(C(=O)Nc2ccccc2C(F)(F)F)C1)NC1CCCCCCC1. The monoisotopic (exact) mass is 440 g/mol. The van der Waals surface area contributed by atoms with Gasteiger partial charge in [0.05, 0.1) is 11.3 Å². The van der Waals surface area contributed by atoms with Crippen LogP contribution in [0.3, 0.4) is 0 Å². The average Bonchev–Trinajstić information content (AvgIpc) is 3.17. The molecule has 1 aliphatic carbocycles. The molecule has 3 N–H and O–H groups in total. The van der Waals surface area contributed by atoms with Gasteiger partial charge in [0.15, 0.2) is 0 Å². The summed E-state index contributed by atoms with van der Waals surface area (Å²) < 4.78 is 39.3. The maximum absolute atomic E-state index is 13.1. The predicted octanol–water partition coefficient (Wildman–Crippen LogP) is 4.97. The number of para-hydroxylation sites is 1. The number of likely N-dealkylation sites (tertiary alicyclic amines) is 1. The molecule has 1 unspecified atom stereocenters. The highest BCUT2D eigenvalue weighted by Gasteiger charge is 2.34. The van der Waals surface area contributed by atoms with E-state index in [0.29, 0.717) is 26.1 Å². The molecule has 1 aromatic carbocycles. The standard InChI is InChI=1S/C22H31F3N4O2/c23-22(24,25)18-10-6-7-11-19(18)28-21(31)29-13-12-16(15-29)14-26-20(30)27-17-8-4-2-1-3-5-9-17/h6-7,10-11,16-17H,1-5,8-9,12-15H2,(H,28,31)(H2,26,27,30). The number of benzene rings is 1. The lowest BCUT2D eigenvalue weighted by Crippen LogP contribution is -2.44. The van der Waals surface area contributed by atoms with Crippen molar-refractivity contribution in [2.45, 2.75) is 63.6 Å². The lowest BCUT2D eigenvalue weighted by molar-refractivity contribution is -0.136. The number of nitrogens with one attached hydrogen (secondary N) is 3. The third-order valence-electron chi connectivity index (χ3n) is 6.04. The van der Waals surface area contributed by atoms with Crippen molar-refractivity contribution in [3.05, 3.63) is 29.8 Å². The fourth-order valence-corrected chi connectivity index (χ4v) is 4.29. The highest BCUT2D eigenvalue weighted by atomic mass is 19.4. The van der Waals surface area contributed by atoms with Crippen LogP contribution in [0.5, 0.6) is 0 Å². The van der Waals surface area contributed by atoms with Crippen LogP contribution in [0.4, 0.5) is 28.4 Å². The molecule has 1 saturated heterocycles. The van der Waals surface area contributed by atoms with E-state index in [0.717, 1.165) is 31.7 Å². The molecule has 172 valence electrons. The van der Waals surface area contributed by atoms with Crippen molar-refractivity contribution < 1.29 is 22.8 Å². The summed E-state index contributed by atoms with van der Waals surface area (Å²) in [5, 5.41) is 8.31. The van der Waals surface area contributed by atoms with Crippen LogP contribution in [-0.4, -0.2) is 42.6 Å². The molecule has 1 atom stereocenters. The van der Waals surface area contributed by atoms with Crippen LogP contribution in [0.15, 0.2) is 24.3 Å². The Kier molecular flexibility index (Phi) is 8.03. The van der Waals surface area contributed by atoms with Gasteiger partial charge in [-0.15, -0.1) is 0 Å². The summed E-state index contributed by atoms with van der Waals surface area (Å²) in [6, 6.07) is 4.40. The van der Waals surface area contributed by atoms with Gasteiger partial charge in [0.1, 0.15) is 0 Å². The number of alkyl halides is 3. The van der Waals surface area contributed by atoms with E-state index in [1.165, 1.54) is 42.4 Å². The Morgan fingerprint density at radius 1 is 1.00 bits per heavy atom. The molecule has 1 heterocycles. The summed E-state index contributed by atoms with van der Waals surface area (Å²) in [7, 11) is 0. The van der Waals surface area contributed by atoms with Gasteiger partial charge in [-0.05, 0) is 37.3 Å². The maximum Gasteiger partial charge on any atom is 0.418 e. The number of carbonyl (C=O) groups is 2. The molecule has 9 heteroatoms. The van der Waals surface area contributed by atoms with Gasteiger partial charge in [0, 0.05) is 25.7 Å². The molecule has 6 nitrogen and oxygen atoms in total. The summed E-state index contributed by atoms with van der Waals surface area (Å²) in [5.41, 5.74) is -1.12. The van der Waals surface area contributed by atoms with E-state index < -0.39 is 17.8 Å². The topological polar surface area (TPSA) is 73.5 Å². The Bertz CT molecular complexity index is 749. The van der Waals surface area contributed by atoms with Gasteiger partial charge in [-0.2, -0.15) is 13.2 Å². The van der Waals surface area contributed by atoms with E-state index in [2.05, 4.69) is 16.0 Å². The number of rotatable bonds is 4. The molecule has 1 aliphatic heterocycles. The normalized spacial score (nSPS) is 20.6. The quantitative estimate of drug-likeness (QED) is 0.618. The highest BCUT2D eigenvalue weighted by Crippen LogP contribution is 2.34. The molecule has 0 radical (unpaired) electrons. The third kappa shape index (κ3) is 7.04. The Hall–Kier alpha value is -2.45. The minimum atomic E-state index is -4.54. The molecule has 0 bridgehead atoms. The number of urea groups is 2. The minimum absolute atomic E-state index is 0.0756. The molecule has 0 aromatic heterocycles. The first-order valence-electron chi connectivity index (χ1n) is 11.1. The molecule has 1 aromatic rings. The fraction of sp³-hybridized carbons (Fsp3) is 0.636. The molecule has 4 amide bonds. The largest absolute Gasteiger partial charge is 0.418 e. The zero-order valence-electron chi connectivity index (χ0n) is 17.6. The maximum atomic E-state index is 13.1. The summed E-state index contributed by atoms with van der Waals surface area (Å²) in [4.78, 5) is 26.2. The number of hydrogen-bond acceptors (Lipinski definition) is 2. The van der Waals surface area contributed by atoms with Crippen molar-refractivity contribution in [3.63, 3.8) is 0 Å². The number of amides is 4. The van der Waals surface area contributed by atoms with E-state index in [1.807, 2.05) is 0 Å². The Morgan fingerprint density at radius 3 is 2.39 bits per heavy atom. The number of halogens is 3. The Morgan fingerprint density at radius 2 is 1.68 bits per heavy atom. The lowest BCUT2D eigenvalue weighted by Gasteiger charge is -2.22. The molecular formula is C22H31F3N4O2. The fourth-order valence-electron chi connectivity index (χ4n) is 4.29. The van der Waals surface area contributed by atoms with Crippen molar-refractivity contribution in [2.75, 3.05) is 25.0 Å². The third-order valence-corrected chi connectivity index (χ3v) is 6.04. The summed E-state index contributed by atoms with van der Waals surface area (Å²) in [6.45, 7) is 1.27. The van der Waals surface area contributed by atoms with Crippen molar-refractivity contribution >= 4 is 17.7 Å². The molecule has 0 spiro atoms. The smallest absolute Gasteiger partial charge is 0.338 e. The van der Waals surface area contributed by atoms with Crippen LogP contribution in [0, 0.1) is 5.92 Å². The van der Waals surface area contributed by atoms with Crippen LogP contribution < -0.4 is 16.0 Å². The second-order valence-corrected chi connectivity index (χ2v) is 8.47. The zero-order chi connectivity index (χ0) is 22.3. The van der Waals surface area contributed by atoms with E-state index in [9.17, 15) is 22.8 Å². The van der Waals surface area contributed by atoms with Crippen molar-refractivity contribution in [3.8, 4) is 0 Å². The van der Waals surface area contributed by atoms with Crippen LogP contribution in [0.2, 0.25) is 0 Å². The Balaban J connectivity index is 1.43. The average molecular weight is 441 g/mol. The first kappa shape index (κ1) is 23.2. The van der Waals surface area contributed by atoms with Gasteiger partial charge >= 0.3 is 18.2 Å². The number of anilines is 1. The van der Waals surface area contributed by atoms with Crippen molar-refractivity contribution in [1.29, 1.82) is 0 Å². The molecule has 31 heavy (non-hydrogen) atoms. The van der Waals surface area contributed by atoms with Gasteiger partial charge in [-0.25, -0.2) is 9.59 Å². The van der Waals surface area contributed by atoms with Crippen molar-refractivity contribution in [1.82, 2.24) is 15.5 Å². The van der Waals surface area contributed by atoms with E-state index in [-0.39, 0.29) is 23.7 Å². The van der Waals surface area contributed by atoms with Crippen LogP contribution >= 0.6 is 0 Å². The second-order valence-electron chi connectivity index (χ2n) is 8.47. The van der Waals surface area contributed by atoms with Gasteiger partial charge in [0.25, 0.3) is 0 Å². The molecule has 1 saturated carbocycles. The summed E-state index contributed by atoms with van der Waals surface area (Å²) in [6.07, 6.45) is 4.13. The highest BCUT2D eigenvalue weighted by molar-refractivity contribution is 5.90. The van der Waals surface area contributed by atoms with Crippen LogP contribution in [0.25, 0.3) is 0 Å². The zero-order valence-corrected chi connectivity index (χ0v) is 17.6. The number of carbonyl (C=O) groups excluding carboxylic acids is 2. The van der Waals surface area contributed by atoms with Crippen LogP contribution in [0.1, 0.15) is 56.9 Å². The first-order chi connectivity index (χ1) is 14.8.